The first-order valence-corrected chi connectivity index (χ1v) is 3.88. The van der Waals surface area contributed by atoms with Crippen LogP contribution in [0.2, 0.25) is 0 Å². The van der Waals surface area contributed by atoms with E-state index in [9.17, 15) is 4.79 Å². The molecule has 0 aliphatic carbocycles. The lowest BCUT2D eigenvalue weighted by Crippen LogP contribution is -2.59. The van der Waals surface area contributed by atoms with Crippen LogP contribution in [0.4, 0.5) is 0 Å². The molecule has 2 saturated heterocycles. The van der Waals surface area contributed by atoms with Crippen LogP contribution in [0.25, 0.3) is 0 Å². The maximum atomic E-state index is 11.3. The Bertz CT molecular complexity index is 134. The van der Waals surface area contributed by atoms with E-state index in [-0.39, 0.29) is 12.1 Å². The predicted molar refractivity (Wildman–Crippen MR) is 37.8 cm³/mol. The summed E-state index contributed by atoms with van der Waals surface area (Å²) in [5, 5.41) is 6.21. The first-order chi connectivity index (χ1) is 4.88. The zero-order chi connectivity index (χ0) is 6.97. The molecule has 3 nitrogen and oxygen atoms in total. The van der Waals surface area contributed by atoms with Crippen LogP contribution in [0.3, 0.4) is 0 Å². The van der Waals surface area contributed by atoms with E-state index >= 15 is 0 Å². The summed E-state index contributed by atoms with van der Waals surface area (Å²) in [6, 6.07) is 0.357. The number of Topliss-reactive ketones (excluding diaryl/α,β-unsaturated/α-hetero) is 1. The Hall–Kier alpha value is -0.410. The van der Waals surface area contributed by atoms with Gasteiger partial charge in [0.05, 0.1) is 12.1 Å². The van der Waals surface area contributed by atoms with Gasteiger partial charge in [-0.15, -0.1) is 0 Å². The van der Waals surface area contributed by atoms with Gasteiger partial charge in [-0.25, -0.2) is 0 Å². The fourth-order valence-electron chi connectivity index (χ4n) is 1.31. The van der Waals surface area contributed by atoms with Crippen LogP contribution in [0, 0.1) is 0 Å². The number of hydrogen-bond acceptors (Lipinski definition) is 3. The van der Waals surface area contributed by atoms with Gasteiger partial charge < -0.3 is 10.6 Å². The van der Waals surface area contributed by atoms with Crippen molar-refractivity contribution < 1.29 is 4.79 Å². The first kappa shape index (κ1) is 6.31. The molecule has 0 aromatic carbocycles. The fraction of sp³-hybridized carbons (Fsp3) is 0.857. The Labute approximate surface area is 60.2 Å². The second kappa shape index (κ2) is 2.32. The fourth-order valence-corrected chi connectivity index (χ4v) is 1.31. The molecule has 0 saturated carbocycles. The van der Waals surface area contributed by atoms with Gasteiger partial charge in [0.25, 0.3) is 0 Å². The van der Waals surface area contributed by atoms with Crippen molar-refractivity contribution in [2.75, 3.05) is 13.1 Å². The maximum absolute atomic E-state index is 11.3. The van der Waals surface area contributed by atoms with Crippen LogP contribution < -0.4 is 10.6 Å². The van der Waals surface area contributed by atoms with Gasteiger partial charge in [-0.3, -0.25) is 4.79 Å². The minimum Gasteiger partial charge on any atom is -0.307 e. The summed E-state index contributed by atoms with van der Waals surface area (Å²) in [5.74, 6) is 0.373. The van der Waals surface area contributed by atoms with Gasteiger partial charge in [-0.2, -0.15) is 0 Å². The number of hydrogen-bond donors (Lipinski definition) is 2. The van der Waals surface area contributed by atoms with Crippen LogP contribution in [-0.4, -0.2) is 31.0 Å². The zero-order valence-corrected chi connectivity index (χ0v) is 5.89. The average molecular weight is 140 g/mol. The van der Waals surface area contributed by atoms with E-state index < -0.39 is 0 Å². The van der Waals surface area contributed by atoms with Crippen LogP contribution in [-0.2, 0) is 4.79 Å². The molecule has 0 aromatic rings. The lowest BCUT2D eigenvalue weighted by molar-refractivity contribution is -0.126. The first-order valence-electron chi connectivity index (χ1n) is 3.88. The van der Waals surface area contributed by atoms with Gasteiger partial charge in [-0.1, -0.05) is 0 Å². The van der Waals surface area contributed by atoms with Crippen molar-refractivity contribution in [2.45, 2.75) is 24.9 Å². The largest absolute Gasteiger partial charge is 0.307 e. The highest BCUT2D eigenvalue weighted by atomic mass is 16.1. The van der Waals surface area contributed by atoms with Crippen molar-refractivity contribution in [2.24, 2.45) is 0 Å². The van der Waals surface area contributed by atoms with Gasteiger partial charge in [0.15, 0.2) is 5.78 Å². The van der Waals surface area contributed by atoms with Crippen LogP contribution in [0.1, 0.15) is 12.8 Å². The predicted octanol–water partition coefficient (Wildman–Crippen LogP) is -0.721. The van der Waals surface area contributed by atoms with Crippen molar-refractivity contribution in [1.82, 2.24) is 10.6 Å². The molecular formula is C7H12N2O. The molecule has 10 heavy (non-hydrogen) atoms. The Balaban J connectivity index is 1.84. The van der Waals surface area contributed by atoms with Gasteiger partial charge >= 0.3 is 0 Å². The normalized spacial score (nSPS) is 38.0. The molecule has 2 heterocycles. The van der Waals surface area contributed by atoms with Crippen molar-refractivity contribution in [1.29, 1.82) is 0 Å². The average Bonchev–Trinajstić information content (AvgIpc) is 1.52. The van der Waals surface area contributed by atoms with Gasteiger partial charge in [-0.05, 0) is 25.9 Å². The molecule has 0 amide bonds. The summed E-state index contributed by atoms with van der Waals surface area (Å²) in [5.41, 5.74) is 0. The highest BCUT2D eigenvalue weighted by molar-refractivity contribution is 5.90. The molecule has 2 N–H and O–H groups in total. The monoisotopic (exact) mass is 140 g/mol. The van der Waals surface area contributed by atoms with Crippen LogP contribution in [0.5, 0.6) is 0 Å². The highest BCUT2D eigenvalue weighted by Crippen LogP contribution is 2.11. The SMILES string of the molecule is O=C(C1CCN1)C1CCN1. The van der Waals surface area contributed by atoms with Crippen LogP contribution >= 0.6 is 0 Å². The minimum absolute atomic E-state index is 0.179. The second-order valence-corrected chi connectivity index (χ2v) is 2.99. The van der Waals surface area contributed by atoms with Crippen molar-refractivity contribution in [3.63, 3.8) is 0 Å². The summed E-state index contributed by atoms with van der Waals surface area (Å²) in [6.45, 7) is 2.03. The van der Waals surface area contributed by atoms with Crippen molar-refractivity contribution >= 4 is 5.78 Å². The Morgan fingerprint density at radius 2 is 1.50 bits per heavy atom. The van der Waals surface area contributed by atoms with E-state index in [2.05, 4.69) is 10.6 Å². The number of ketones is 1. The molecule has 2 rings (SSSR count). The number of carbonyl (C=O) groups is 1. The molecular weight excluding hydrogens is 128 g/mol. The smallest absolute Gasteiger partial charge is 0.166 e. The Morgan fingerprint density at radius 3 is 1.70 bits per heavy atom. The van der Waals surface area contributed by atoms with Gasteiger partial charge in [0.2, 0.25) is 0 Å². The summed E-state index contributed by atoms with van der Waals surface area (Å²) in [6.07, 6.45) is 2.08. The van der Waals surface area contributed by atoms with E-state index in [0.29, 0.717) is 5.78 Å². The lowest BCUT2D eigenvalue weighted by Gasteiger charge is -2.34. The lowest BCUT2D eigenvalue weighted by atomic mass is 9.92. The molecule has 0 spiro atoms. The van der Waals surface area contributed by atoms with Gasteiger partial charge in [0.1, 0.15) is 0 Å². The van der Waals surface area contributed by atoms with E-state index in [1.807, 2.05) is 0 Å². The second-order valence-electron chi connectivity index (χ2n) is 2.99. The molecule has 0 radical (unpaired) electrons. The highest BCUT2D eigenvalue weighted by Gasteiger charge is 2.33. The summed E-state index contributed by atoms with van der Waals surface area (Å²) < 4.78 is 0. The standard InChI is InChI=1S/C7H12N2O/c10-7(5-1-3-8-5)6-2-4-9-6/h5-6,8-9H,1-4H2. The molecule has 3 heteroatoms. The number of nitrogens with one attached hydrogen (secondary N) is 2. The van der Waals surface area contributed by atoms with Crippen LogP contribution in [0.15, 0.2) is 0 Å². The molecule has 2 unspecified atom stereocenters. The molecule has 0 bridgehead atoms. The maximum Gasteiger partial charge on any atom is 0.166 e. The van der Waals surface area contributed by atoms with Crippen molar-refractivity contribution in [3.05, 3.63) is 0 Å². The van der Waals surface area contributed by atoms with Crippen molar-refractivity contribution in [3.8, 4) is 0 Å². The van der Waals surface area contributed by atoms with E-state index in [0.717, 1.165) is 25.9 Å². The third kappa shape index (κ3) is 0.859. The Morgan fingerprint density at radius 1 is 1.10 bits per heavy atom. The third-order valence-corrected chi connectivity index (χ3v) is 2.33. The summed E-state index contributed by atoms with van der Waals surface area (Å²) in [7, 11) is 0. The molecule has 2 atom stereocenters. The van der Waals surface area contributed by atoms with Gasteiger partial charge in [0, 0.05) is 0 Å². The molecule has 2 aliphatic heterocycles. The van der Waals surface area contributed by atoms with E-state index in [4.69, 9.17) is 0 Å². The molecule has 2 aliphatic rings. The van der Waals surface area contributed by atoms with E-state index in [1.165, 1.54) is 0 Å². The summed E-state index contributed by atoms with van der Waals surface area (Å²) >= 11 is 0. The molecule has 56 valence electrons. The molecule has 0 aromatic heterocycles. The molecule has 2 fully saturated rings. The number of carbonyl (C=O) groups excluding carboxylic acids is 1. The minimum atomic E-state index is 0.179. The Kier molecular flexibility index (Phi) is 1.47. The topological polar surface area (TPSA) is 41.1 Å². The van der Waals surface area contributed by atoms with E-state index in [1.54, 1.807) is 0 Å². The quantitative estimate of drug-likeness (QED) is 0.532. The number of rotatable bonds is 2. The zero-order valence-electron chi connectivity index (χ0n) is 5.89. The third-order valence-electron chi connectivity index (χ3n) is 2.33. The summed E-state index contributed by atoms with van der Waals surface area (Å²) in [4.78, 5) is 11.3.